The average molecular weight is 434 g/mol. The lowest BCUT2D eigenvalue weighted by Gasteiger charge is -2.18. The molecule has 1 saturated heterocycles. The van der Waals surface area contributed by atoms with Crippen molar-refractivity contribution in [2.45, 2.75) is 19.4 Å². The zero-order valence-corrected chi connectivity index (χ0v) is 16.4. The van der Waals surface area contributed by atoms with Crippen LogP contribution in [0.3, 0.4) is 0 Å². The molecule has 1 aromatic carbocycles. The van der Waals surface area contributed by atoms with Crippen LogP contribution in [0, 0.1) is 0 Å². The molecule has 134 valence electrons. The summed E-state index contributed by atoms with van der Waals surface area (Å²) >= 11 is 9.72. The molecule has 0 amide bonds. The fraction of sp³-hybridized carbons (Fsp3) is 0.263. The molecule has 1 aliphatic heterocycles. The van der Waals surface area contributed by atoms with Gasteiger partial charge in [-0.05, 0) is 66.1 Å². The zero-order chi connectivity index (χ0) is 18.1. The number of halogens is 2. The minimum Gasteiger partial charge on any atom is -0.505 e. The third-order valence-corrected chi connectivity index (χ3v) is 5.21. The highest BCUT2D eigenvalue weighted by molar-refractivity contribution is 9.10. The number of benzene rings is 1. The van der Waals surface area contributed by atoms with Gasteiger partial charge in [0.1, 0.15) is 11.3 Å². The van der Waals surface area contributed by atoms with Crippen LogP contribution in [0.1, 0.15) is 18.4 Å². The van der Waals surface area contributed by atoms with Crippen LogP contribution in [0.2, 0.25) is 5.02 Å². The molecule has 0 unspecified atom stereocenters. The number of pyridine rings is 2. The number of phenols is 1. The highest BCUT2D eigenvalue weighted by Gasteiger charge is 2.17. The molecule has 0 bridgehead atoms. The Morgan fingerprint density at radius 1 is 1.15 bits per heavy atom. The van der Waals surface area contributed by atoms with Crippen molar-refractivity contribution < 1.29 is 5.11 Å². The summed E-state index contributed by atoms with van der Waals surface area (Å²) in [6.45, 7) is 2.81. The molecule has 4 rings (SSSR count). The SMILES string of the molecule is Oc1c(CN2CCCC2)cc(Cl)cc1Nc1ccnc2cc(Br)cnc12. The van der Waals surface area contributed by atoms with E-state index in [1.54, 1.807) is 18.5 Å². The van der Waals surface area contributed by atoms with Crippen molar-refractivity contribution in [2.24, 2.45) is 0 Å². The van der Waals surface area contributed by atoms with Crippen molar-refractivity contribution >= 4 is 49.9 Å². The quantitative estimate of drug-likeness (QED) is 0.561. The second-order valence-corrected chi connectivity index (χ2v) is 7.80. The Labute approximate surface area is 165 Å². The first kappa shape index (κ1) is 17.5. The van der Waals surface area contributed by atoms with E-state index >= 15 is 0 Å². The van der Waals surface area contributed by atoms with E-state index in [1.165, 1.54) is 12.8 Å². The van der Waals surface area contributed by atoms with Crippen LogP contribution >= 0.6 is 27.5 Å². The molecule has 2 aromatic heterocycles. The van der Waals surface area contributed by atoms with E-state index in [-0.39, 0.29) is 5.75 Å². The number of nitrogens with zero attached hydrogens (tertiary/aromatic N) is 3. The van der Waals surface area contributed by atoms with Crippen LogP contribution in [0.5, 0.6) is 5.75 Å². The number of aromatic nitrogens is 2. The molecule has 0 aliphatic carbocycles. The molecule has 7 heteroatoms. The van der Waals surface area contributed by atoms with Gasteiger partial charge < -0.3 is 10.4 Å². The monoisotopic (exact) mass is 432 g/mol. The first-order chi connectivity index (χ1) is 12.6. The Bertz CT molecular complexity index is 960. The number of hydrogen-bond donors (Lipinski definition) is 2. The van der Waals surface area contributed by atoms with E-state index in [0.717, 1.165) is 39.8 Å². The van der Waals surface area contributed by atoms with Gasteiger partial charge in [0.05, 0.1) is 16.9 Å². The van der Waals surface area contributed by atoms with Crippen LogP contribution in [0.15, 0.2) is 41.1 Å². The maximum absolute atomic E-state index is 10.8. The molecule has 1 aliphatic rings. The number of nitrogens with one attached hydrogen (secondary N) is 1. The molecule has 3 heterocycles. The molecule has 1 fully saturated rings. The van der Waals surface area contributed by atoms with Crippen molar-refractivity contribution in [2.75, 3.05) is 18.4 Å². The number of rotatable bonds is 4. The van der Waals surface area contributed by atoms with Gasteiger partial charge >= 0.3 is 0 Å². The molecular formula is C19H18BrClN4O. The van der Waals surface area contributed by atoms with Crippen LogP contribution < -0.4 is 5.32 Å². The summed E-state index contributed by atoms with van der Waals surface area (Å²) in [6.07, 6.45) is 5.85. The largest absolute Gasteiger partial charge is 0.505 e. The van der Waals surface area contributed by atoms with Crippen LogP contribution in [-0.2, 0) is 6.54 Å². The van der Waals surface area contributed by atoms with E-state index in [0.29, 0.717) is 17.3 Å². The van der Waals surface area contributed by atoms with Gasteiger partial charge in [-0.1, -0.05) is 11.6 Å². The molecule has 3 aromatic rings. The Hall–Kier alpha value is -1.89. The molecule has 0 spiro atoms. The maximum Gasteiger partial charge on any atom is 0.143 e. The summed E-state index contributed by atoms with van der Waals surface area (Å²) in [5.41, 5.74) is 3.67. The highest BCUT2D eigenvalue weighted by Crippen LogP contribution is 2.36. The van der Waals surface area contributed by atoms with E-state index in [2.05, 4.69) is 36.1 Å². The van der Waals surface area contributed by atoms with Gasteiger partial charge in [0, 0.05) is 34.0 Å². The smallest absolute Gasteiger partial charge is 0.143 e. The van der Waals surface area contributed by atoms with Crippen molar-refractivity contribution in [1.82, 2.24) is 14.9 Å². The summed E-state index contributed by atoms with van der Waals surface area (Å²) in [6, 6.07) is 7.31. The topological polar surface area (TPSA) is 61.3 Å². The van der Waals surface area contributed by atoms with Gasteiger partial charge in [-0.2, -0.15) is 0 Å². The van der Waals surface area contributed by atoms with Crippen LogP contribution in [0.25, 0.3) is 11.0 Å². The van der Waals surface area contributed by atoms with Gasteiger partial charge in [-0.25, -0.2) is 0 Å². The lowest BCUT2D eigenvalue weighted by molar-refractivity contribution is 0.324. The van der Waals surface area contributed by atoms with Gasteiger partial charge in [-0.3, -0.25) is 14.9 Å². The van der Waals surface area contributed by atoms with Crippen molar-refractivity contribution in [1.29, 1.82) is 0 Å². The molecular weight excluding hydrogens is 416 g/mol. The maximum atomic E-state index is 10.8. The average Bonchev–Trinajstić information content (AvgIpc) is 3.12. The second kappa shape index (κ2) is 7.39. The van der Waals surface area contributed by atoms with E-state index in [9.17, 15) is 5.11 Å². The van der Waals surface area contributed by atoms with E-state index in [1.807, 2.05) is 18.2 Å². The van der Waals surface area contributed by atoms with E-state index in [4.69, 9.17) is 11.6 Å². The molecule has 5 nitrogen and oxygen atoms in total. The standard InChI is InChI=1S/C19H18BrClN4O/c20-13-8-16-18(23-10-13)15(3-4-22-16)24-17-9-14(21)7-12(19(17)26)11-25-5-1-2-6-25/h3-4,7-10,26H,1-2,5-6,11H2,(H,22,24). The Kier molecular flexibility index (Phi) is 4.98. The molecule has 26 heavy (non-hydrogen) atoms. The number of anilines is 2. The Morgan fingerprint density at radius 2 is 1.96 bits per heavy atom. The van der Waals surface area contributed by atoms with Gasteiger partial charge in [-0.15, -0.1) is 0 Å². The molecule has 0 saturated carbocycles. The fourth-order valence-electron chi connectivity index (χ4n) is 3.30. The summed E-state index contributed by atoms with van der Waals surface area (Å²) in [7, 11) is 0. The number of hydrogen-bond acceptors (Lipinski definition) is 5. The highest BCUT2D eigenvalue weighted by atomic mass is 79.9. The predicted molar refractivity (Wildman–Crippen MR) is 108 cm³/mol. The minimum absolute atomic E-state index is 0.225. The molecule has 0 atom stereocenters. The van der Waals surface area contributed by atoms with Gasteiger partial charge in [0.2, 0.25) is 0 Å². The summed E-state index contributed by atoms with van der Waals surface area (Å²) in [5.74, 6) is 0.225. The van der Waals surface area contributed by atoms with E-state index < -0.39 is 0 Å². The number of phenolic OH excluding ortho intramolecular Hbond substituents is 1. The normalized spacial score (nSPS) is 14.8. The summed E-state index contributed by atoms with van der Waals surface area (Å²) in [4.78, 5) is 11.1. The fourth-order valence-corrected chi connectivity index (χ4v) is 3.86. The zero-order valence-electron chi connectivity index (χ0n) is 14.0. The van der Waals surface area contributed by atoms with Gasteiger partial charge in [0.25, 0.3) is 0 Å². The number of fused-ring (bicyclic) bond motifs is 1. The van der Waals surface area contributed by atoms with Crippen LogP contribution in [0.4, 0.5) is 11.4 Å². The van der Waals surface area contributed by atoms with Crippen molar-refractivity contribution in [3.8, 4) is 5.75 Å². The number of aromatic hydroxyl groups is 1. The lowest BCUT2D eigenvalue weighted by Crippen LogP contribution is -2.18. The first-order valence-corrected chi connectivity index (χ1v) is 9.68. The van der Waals surface area contributed by atoms with Gasteiger partial charge in [0.15, 0.2) is 0 Å². The Balaban J connectivity index is 1.69. The Morgan fingerprint density at radius 3 is 2.77 bits per heavy atom. The van der Waals surface area contributed by atoms with Crippen LogP contribution in [-0.4, -0.2) is 33.1 Å². The second-order valence-electron chi connectivity index (χ2n) is 6.45. The summed E-state index contributed by atoms with van der Waals surface area (Å²) in [5, 5.41) is 14.6. The lowest BCUT2D eigenvalue weighted by atomic mass is 10.1. The third kappa shape index (κ3) is 3.63. The summed E-state index contributed by atoms with van der Waals surface area (Å²) < 4.78 is 0.869. The third-order valence-electron chi connectivity index (χ3n) is 4.56. The first-order valence-electron chi connectivity index (χ1n) is 8.51. The predicted octanol–water partition coefficient (Wildman–Crippen LogP) is 5.09. The minimum atomic E-state index is 0.225. The molecule has 2 N–H and O–H groups in total. The number of likely N-dealkylation sites (tertiary alicyclic amines) is 1. The molecule has 0 radical (unpaired) electrons. The van der Waals surface area contributed by atoms with Crippen molar-refractivity contribution in [3.05, 3.63) is 51.7 Å². The van der Waals surface area contributed by atoms with Crippen molar-refractivity contribution in [3.63, 3.8) is 0 Å².